The van der Waals surface area contributed by atoms with Gasteiger partial charge in [0, 0.05) is 38.6 Å². The monoisotopic (exact) mass is 430 g/mol. The van der Waals surface area contributed by atoms with Crippen molar-refractivity contribution in [3.63, 3.8) is 0 Å². The van der Waals surface area contributed by atoms with Crippen molar-refractivity contribution in [1.29, 1.82) is 0 Å². The zero-order valence-corrected chi connectivity index (χ0v) is 18.8. The molecule has 1 aliphatic carbocycles. The lowest BCUT2D eigenvalue weighted by Gasteiger charge is -2.26. The van der Waals surface area contributed by atoms with Gasteiger partial charge in [0.05, 0.1) is 14.2 Å². The van der Waals surface area contributed by atoms with E-state index in [0.717, 1.165) is 31.4 Å². The van der Waals surface area contributed by atoms with E-state index >= 15 is 0 Å². The minimum absolute atomic E-state index is 0.181. The number of aliphatic imine (C=N–C) groups is 1. The molecule has 2 aliphatic rings. The fourth-order valence-electron chi connectivity index (χ4n) is 4.39. The summed E-state index contributed by atoms with van der Waals surface area (Å²) in [7, 11) is 4.60. The molecule has 1 unspecified atom stereocenters. The molecule has 1 heterocycles. The second-order valence-electron chi connectivity index (χ2n) is 8.20. The number of amides is 1. The van der Waals surface area contributed by atoms with E-state index in [0.29, 0.717) is 36.3 Å². The molecule has 8 heteroatoms. The maximum absolute atomic E-state index is 12.8. The molecule has 8 nitrogen and oxygen atoms in total. The number of nitrogens with one attached hydrogen (secondary N) is 2. The van der Waals surface area contributed by atoms with E-state index in [1.165, 1.54) is 33.5 Å². The molecule has 1 aliphatic heterocycles. The Morgan fingerprint density at radius 1 is 1.16 bits per heavy atom. The van der Waals surface area contributed by atoms with Crippen LogP contribution in [-0.4, -0.2) is 63.1 Å². The van der Waals surface area contributed by atoms with Crippen molar-refractivity contribution in [2.24, 2.45) is 10.9 Å². The minimum atomic E-state index is -0.435. The molecule has 1 saturated heterocycles. The third-order valence-corrected chi connectivity index (χ3v) is 6.15. The van der Waals surface area contributed by atoms with E-state index in [-0.39, 0.29) is 12.0 Å². The molecular formula is C23H34N4O4. The molecule has 1 amide bonds. The van der Waals surface area contributed by atoms with Crippen molar-refractivity contribution >= 4 is 17.8 Å². The molecule has 0 bridgehead atoms. The largest absolute Gasteiger partial charge is 0.496 e. The number of methoxy groups -OCH3 is 2. The molecule has 31 heavy (non-hydrogen) atoms. The second kappa shape index (κ2) is 11.0. The predicted octanol–water partition coefficient (Wildman–Crippen LogP) is 2.33. The Hall–Kier alpha value is -2.77. The maximum Gasteiger partial charge on any atom is 0.341 e. The smallest absolute Gasteiger partial charge is 0.341 e. The van der Waals surface area contributed by atoms with Crippen LogP contribution in [0.2, 0.25) is 0 Å². The minimum Gasteiger partial charge on any atom is -0.496 e. The Bertz CT molecular complexity index is 805. The molecule has 1 aromatic rings. The molecule has 1 atom stereocenters. The molecule has 0 radical (unpaired) electrons. The predicted molar refractivity (Wildman–Crippen MR) is 119 cm³/mol. The fraction of sp³-hybridized carbons (Fsp3) is 0.609. The molecule has 1 saturated carbocycles. The van der Waals surface area contributed by atoms with E-state index in [1.54, 1.807) is 19.2 Å². The van der Waals surface area contributed by atoms with Crippen LogP contribution in [0.15, 0.2) is 23.2 Å². The third kappa shape index (κ3) is 5.89. The average molecular weight is 431 g/mol. The summed E-state index contributed by atoms with van der Waals surface area (Å²) < 4.78 is 10.1. The van der Waals surface area contributed by atoms with Gasteiger partial charge in [-0.2, -0.15) is 0 Å². The van der Waals surface area contributed by atoms with E-state index in [9.17, 15) is 9.59 Å². The average Bonchev–Trinajstić information content (AvgIpc) is 3.29. The molecule has 0 spiro atoms. The summed E-state index contributed by atoms with van der Waals surface area (Å²) >= 11 is 0. The standard InChI is InChI=1S/C23H34N4O4/c1-24-23(25-14-16-9-10-20(30-2)19(13-16)22(29)31-3)26-18-11-12-27(15-18)21(28)17-7-5-4-6-8-17/h9-10,13,17-18H,4-8,11-12,14-15H2,1-3H3,(H2,24,25,26). The number of guanidine groups is 1. The highest BCUT2D eigenvalue weighted by Gasteiger charge is 2.31. The van der Waals surface area contributed by atoms with Crippen molar-refractivity contribution < 1.29 is 19.1 Å². The Balaban J connectivity index is 1.52. The van der Waals surface area contributed by atoms with E-state index in [1.807, 2.05) is 11.0 Å². The van der Waals surface area contributed by atoms with Crippen LogP contribution in [-0.2, 0) is 16.1 Å². The lowest BCUT2D eigenvalue weighted by molar-refractivity contribution is -0.135. The SMILES string of the molecule is CN=C(NCc1ccc(OC)c(C(=O)OC)c1)NC1CCN(C(=O)C2CCCCC2)C1. The first-order valence-electron chi connectivity index (χ1n) is 11.1. The van der Waals surface area contributed by atoms with Crippen LogP contribution >= 0.6 is 0 Å². The normalized spacial score (nSPS) is 19.8. The number of carbonyl (C=O) groups excluding carboxylic acids is 2. The lowest BCUT2D eigenvalue weighted by Crippen LogP contribution is -2.45. The van der Waals surface area contributed by atoms with Crippen molar-refractivity contribution in [2.45, 2.75) is 51.1 Å². The first-order chi connectivity index (χ1) is 15.0. The van der Waals surface area contributed by atoms with Crippen molar-refractivity contribution in [3.8, 4) is 5.75 Å². The number of nitrogens with zero attached hydrogens (tertiary/aromatic N) is 2. The number of esters is 1. The molecule has 2 N–H and O–H groups in total. The summed E-state index contributed by atoms with van der Waals surface area (Å²) in [6, 6.07) is 5.59. The number of benzene rings is 1. The number of likely N-dealkylation sites (tertiary alicyclic amines) is 1. The summed E-state index contributed by atoms with van der Waals surface area (Å²) in [6.07, 6.45) is 6.58. The van der Waals surface area contributed by atoms with Crippen LogP contribution in [0.25, 0.3) is 0 Å². The quantitative estimate of drug-likeness (QED) is 0.409. The Labute approximate surface area is 184 Å². The van der Waals surface area contributed by atoms with Crippen LogP contribution in [0, 0.1) is 5.92 Å². The molecule has 2 fully saturated rings. The Morgan fingerprint density at radius 2 is 1.94 bits per heavy atom. The van der Waals surface area contributed by atoms with Crippen LogP contribution in [0.4, 0.5) is 0 Å². The number of hydrogen-bond acceptors (Lipinski definition) is 5. The van der Waals surface area contributed by atoms with E-state index < -0.39 is 5.97 Å². The van der Waals surface area contributed by atoms with Gasteiger partial charge in [-0.05, 0) is 37.0 Å². The van der Waals surface area contributed by atoms with Gasteiger partial charge in [0.25, 0.3) is 0 Å². The van der Waals surface area contributed by atoms with Gasteiger partial charge in [0.15, 0.2) is 5.96 Å². The highest BCUT2D eigenvalue weighted by molar-refractivity contribution is 5.92. The van der Waals surface area contributed by atoms with E-state index in [4.69, 9.17) is 9.47 Å². The summed E-state index contributed by atoms with van der Waals surface area (Å²) in [5.41, 5.74) is 1.30. The molecular weight excluding hydrogens is 396 g/mol. The van der Waals surface area contributed by atoms with Crippen LogP contribution in [0.5, 0.6) is 5.75 Å². The lowest BCUT2D eigenvalue weighted by atomic mass is 9.88. The number of carbonyl (C=O) groups is 2. The van der Waals surface area contributed by atoms with Gasteiger partial charge in [-0.1, -0.05) is 25.3 Å². The first-order valence-corrected chi connectivity index (χ1v) is 11.1. The topological polar surface area (TPSA) is 92.3 Å². The summed E-state index contributed by atoms with van der Waals surface area (Å²) in [6.45, 7) is 2.00. The summed E-state index contributed by atoms with van der Waals surface area (Å²) in [5.74, 6) is 1.25. The number of hydrogen-bond donors (Lipinski definition) is 2. The van der Waals surface area contributed by atoms with Crippen molar-refractivity contribution in [3.05, 3.63) is 29.3 Å². The maximum atomic E-state index is 12.8. The van der Waals surface area contributed by atoms with Gasteiger partial charge in [-0.3, -0.25) is 9.79 Å². The highest BCUT2D eigenvalue weighted by Crippen LogP contribution is 2.27. The third-order valence-electron chi connectivity index (χ3n) is 6.15. The highest BCUT2D eigenvalue weighted by atomic mass is 16.5. The van der Waals surface area contributed by atoms with Gasteiger partial charge in [-0.15, -0.1) is 0 Å². The zero-order chi connectivity index (χ0) is 22.2. The van der Waals surface area contributed by atoms with Crippen LogP contribution in [0.1, 0.15) is 54.4 Å². The molecule has 0 aromatic heterocycles. The fourth-order valence-corrected chi connectivity index (χ4v) is 4.39. The summed E-state index contributed by atoms with van der Waals surface area (Å²) in [5, 5.41) is 6.71. The molecule has 170 valence electrons. The Morgan fingerprint density at radius 3 is 2.61 bits per heavy atom. The second-order valence-corrected chi connectivity index (χ2v) is 8.20. The van der Waals surface area contributed by atoms with Gasteiger partial charge in [0.1, 0.15) is 11.3 Å². The molecule has 1 aromatic carbocycles. The first kappa shape index (κ1) is 22.9. The van der Waals surface area contributed by atoms with Crippen LogP contribution < -0.4 is 15.4 Å². The molecule has 3 rings (SSSR count). The van der Waals surface area contributed by atoms with Gasteiger partial charge in [-0.25, -0.2) is 4.79 Å². The zero-order valence-electron chi connectivity index (χ0n) is 18.8. The number of rotatable bonds is 6. The Kier molecular flexibility index (Phi) is 8.14. The summed E-state index contributed by atoms with van der Waals surface area (Å²) in [4.78, 5) is 31.1. The van der Waals surface area contributed by atoms with Gasteiger partial charge in [0.2, 0.25) is 5.91 Å². The van der Waals surface area contributed by atoms with Gasteiger partial charge >= 0.3 is 5.97 Å². The number of ether oxygens (including phenoxy) is 2. The van der Waals surface area contributed by atoms with E-state index in [2.05, 4.69) is 15.6 Å². The van der Waals surface area contributed by atoms with Crippen LogP contribution in [0.3, 0.4) is 0 Å². The van der Waals surface area contributed by atoms with Crippen molar-refractivity contribution in [1.82, 2.24) is 15.5 Å². The van der Waals surface area contributed by atoms with Crippen molar-refractivity contribution in [2.75, 3.05) is 34.4 Å². The van der Waals surface area contributed by atoms with Gasteiger partial charge < -0.3 is 25.0 Å².